The summed E-state index contributed by atoms with van der Waals surface area (Å²) in [6.07, 6.45) is 0. The quantitative estimate of drug-likeness (QED) is 0.454. The maximum atomic E-state index is 12.5. The van der Waals surface area contributed by atoms with Crippen molar-refractivity contribution in [3.63, 3.8) is 0 Å². The average molecular weight is 412 g/mol. The summed E-state index contributed by atoms with van der Waals surface area (Å²) in [5.41, 5.74) is 1.01. The molecular formula is C22H24N2O6. The fourth-order valence-corrected chi connectivity index (χ4v) is 2.96. The van der Waals surface area contributed by atoms with Crippen LogP contribution in [0.3, 0.4) is 0 Å². The fraction of sp³-hybridized carbons (Fsp3) is 0.273. The van der Waals surface area contributed by atoms with Crippen molar-refractivity contribution in [1.82, 2.24) is 4.90 Å². The molecule has 0 atom stereocenters. The first-order valence-corrected chi connectivity index (χ1v) is 9.51. The summed E-state index contributed by atoms with van der Waals surface area (Å²) in [4.78, 5) is 25.9. The molecule has 1 aliphatic heterocycles. The number of nitrogens with zero attached hydrogens (tertiary/aromatic N) is 1. The molecule has 0 radical (unpaired) electrons. The van der Waals surface area contributed by atoms with Crippen LogP contribution < -0.4 is 14.8 Å². The molecule has 0 bridgehead atoms. The highest BCUT2D eigenvalue weighted by Gasteiger charge is 2.34. The number of carbonyl (C=O) groups is 2. The van der Waals surface area contributed by atoms with Gasteiger partial charge in [0.15, 0.2) is 0 Å². The van der Waals surface area contributed by atoms with Crippen LogP contribution in [0.4, 0.5) is 5.69 Å². The summed E-state index contributed by atoms with van der Waals surface area (Å²) >= 11 is 0. The number of para-hydroxylation sites is 1. The lowest BCUT2D eigenvalue weighted by Gasteiger charge is -2.15. The van der Waals surface area contributed by atoms with Crippen LogP contribution in [0.15, 0.2) is 65.9 Å². The Labute approximate surface area is 174 Å². The molecule has 0 saturated carbocycles. The number of esters is 1. The number of hydrogen-bond acceptors (Lipinski definition) is 7. The Bertz CT molecular complexity index is 896. The molecule has 2 aromatic rings. The van der Waals surface area contributed by atoms with Crippen LogP contribution in [-0.4, -0.2) is 61.9 Å². The Morgan fingerprint density at radius 2 is 1.67 bits per heavy atom. The summed E-state index contributed by atoms with van der Waals surface area (Å²) in [6.45, 7) is 0.843. The van der Waals surface area contributed by atoms with Gasteiger partial charge in [-0.25, -0.2) is 4.79 Å². The highest BCUT2D eigenvalue weighted by atomic mass is 16.5. The molecule has 2 N–H and O–H groups in total. The number of β-amino-alcohol motifs (C(OH)–C–C–N with tert-alkyl or cyclic N) is 1. The summed E-state index contributed by atoms with van der Waals surface area (Å²) < 4.78 is 16.0. The van der Waals surface area contributed by atoms with E-state index in [9.17, 15) is 9.59 Å². The van der Waals surface area contributed by atoms with Gasteiger partial charge < -0.3 is 29.5 Å². The first-order valence-electron chi connectivity index (χ1n) is 9.51. The molecular weight excluding hydrogens is 388 g/mol. The predicted molar refractivity (Wildman–Crippen MR) is 110 cm³/mol. The summed E-state index contributed by atoms with van der Waals surface area (Å²) in [5.74, 6) is 0.498. The number of aliphatic hydroxyl groups excluding tert-OH is 1. The van der Waals surface area contributed by atoms with Crippen LogP contribution in [0.5, 0.6) is 11.5 Å². The van der Waals surface area contributed by atoms with Crippen LogP contribution in [0.25, 0.3) is 0 Å². The molecule has 8 nitrogen and oxygen atoms in total. The van der Waals surface area contributed by atoms with E-state index in [1.165, 1.54) is 12.0 Å². The van der Waals surface area contributed by atoms with E-state index in [-0.39, 0.29) is 36.9 Å². The minimum absolute atomic E-state index is 0.0943. The Kier molecular flexibility index (Phi) is 7.29. The normalized spacial score (nSPS) is 13.4. The minimum Gasteiger partial charge on any atom is -0.490 e. The SMILES string of the molecule is COC(=O)C1=C(Nc2ccc(OCCOc3ccccc3)cc2)C(=O)N(CCO)C1. The Balaban J connectivity index is 1.57. The van der Waals surface area contributed by atoms with E-state index in [4.69, 9.17) is 19.3 Å². The fourth-order valence-electron chi connectivity index (χ4n) is 2.96. The van der Waals surface area contributed by atoms with Crippen LogP contribution >= 0.6 is 0 Å². The smallest absolute Gasteiger partial charge is 0.337 e. The predicted octanol–water partition coefficient (Wildman–Crippen LogP) is 1.82. The molecule has 1 amide bonds. The highest BCUT2D eigenvalue weighted by Crippen LogP contribution is 2.24. The van der Waals surface area contributed by atoms with Gasteiger partial charge in [0, 0.05) is 12.2 Å². The number of ether oxygens (including phenoxy) is 3. The van der Waals surface area contributed by atoms with Crippen LogP contribution in [-0.2, 0) is 14.3 Å². The van der Waals surface area contributed by atoms with Crippen molar-refractivity contribution >= 4 is 17.6 Å². The van der Waals surface area contributed by atoms with E-state index in [0.29, 0.717) is 24.7 Å². The van der Waals surface area contributed by atoms with Gasteiger partial charge in [0.2, 0.25) is 0 Å². The third kappa shape index (κ3) is 5.30. The Morgan fingerprint density at radius 1 is 1.03 bits per heavy atom. The third-order valence-corrected chi connectivity index (χ3v) is 4.44. The molecule has 0 aliphatic carbocycles. The van der Waals surface area contributed by atoms with Crippen molar-refractivity contribution in [2.75, 3.05) is 45.3 Å². The van der Waals surface area contributed by atoms with E-state index in [2.05, 4.69) is 5.32 Å². The number of rotatable bonds is 10. The van der Waals surface area contributed by atoms with Gasteiger partial charge in [0.25, 0.3) is 5.91 Å². The molecule has 8 heteroatoms. The summed E-state index contributed by atoms with van der Waals surface area (Å²) in [7, 11) is 1.26. The van der Waals surface area contributed by atoms with Gasteiger partial charge >= 0.3 is 5.97 Å². The monoisotopic (exact) mass is 412 g/mol. The van der Waals surface area contributed by atoms with Crippen molar-refractivity contribution in [2.45, 2.75) is 0 Å². The summed E-state index contributed by atoms with van der Waals surface area (Å²) in [6, 6.07) is 16.5. The topological polar surface area (TPSA) is 97.3 Å². The lowest BCUT2D eigenvalue weighted by molar-refractivity contribution is -0.136. The second-order valence-corrected chi connectivity index (χ2v) is 6.45. The average Bonchev–Trinajstić information content (AvgIpc) is 3.08. The number of methoxy groups -OCH3 is 1. The lowest BCUT2D eigenvalue weighted by Crippen LogP contribution is -2.31. The largest absolute Gasteiger partial charge is 0.490 e. The van der Waals surface area contributed by atoms with E-state index < -0.39 is 5.97 Å². The minimum atomic E-state index is -0.579. The van der Waals surface area contributed by atoms with Crippen molar-refractivity contribution in [3.05, 3.63) is 65.9 Å². The van der Waals surface area contributed by atoms with Crippen molar-refractivity contribution < 1.29 is 28.9 Å². The zero-order valence-electron chi connectivity index (χ0n) is 16.7. The number of carbonyl (C=O) groups excluding carboxylic acids is 2. The maximum Gasteiger partial charge on any atom is 0.337 e. The van der Waals surface area contributed by atoms with E-state index in [1.807, 2.05) is 30.3 Å². The number of hydrogen-bond donors (Lipinski definition) is 2. The molecule has 0 spiro atoms. The van der Waals surface area contributed by atoms with E-state index in [0.717, 1.165) is 5.75 Å². The molecule has 158 valence electrons. The van der Waals surface area contributed by atoms with E-state index >= 15 is 0 Å². The number of benzene rings is 2. The van der Waals surface area contributed by atoms with Crippen molar-refractivity contribution in [3.8, 4) is 11.5 Å². The number of aliphatic hydroxyl groups is 1. The van der Waals surface area contributed by atoms with Gasteiger partial charge in [-0.3, -0.25) is 4.79 Å². The van der Waals surface area contributed by atoms with Crippen LogP contribution in [0, 0.1) is 0 Å². The molecule has 0 fully saturated rings. The molecule has 0 aromatic heterocycles. The van der Waals surface area contributed by atoms with Gasteiger partial charge in [-0.15, -0.1) is 0 Å². The Morgan fingerprint density at radius 3 is 2.27 bits per heavy atom. The van der Waals surface area contributed by atoms with Gasteiger partial charge in [0.05, 0.1) is 25.8 Å². The lowest BCUT2D eigenvalue weighted by atomic mass is 10.2. The standard InChI is InChI=1S/C22H24N2O6/c1-28-22(27)19-15-24(11-12-25)21(26)20(19)23-16-7-9-18(10-8-16)30-14-13-29-17-5-3-2-4-6-17/h2-10,23,25H,11-15H2,1H3. The zero-order chi connectivity index (χ0) is 21.3. The van der Waals surface area contributed by atoms with Crippen LogP contribution in [0.2, 0.25) is 0 Å². The first-order chi connectivity index (χ1) is 14.6. The first kappa shape index (κ1) is 21.2. The van der Waals surface area contributed by atoms with Gasteiger partial charge in [-0.2, -0.15) is 0 Å². The van der Waals surface area contributed by atoms with Crippen molar-refractivity contribution in [2.24, 2.45) is 0 Å². The number of nitrogens with one attached hydrogen (secondary N) is 1. The number of amides is 1. The zero-order valence-corrected chi connectivity index (χ0v) is 16.7. The second-order valence-electron chi connectivity index (χ2n) is 6.45. The summed E-state index contributed by atoms with van der Waals surface area (Å²) in [5, 5.41) is 12.1. The highest BCUT2D eigenvalue weighted by molar-refractivity contribution is 6.08. The van der Waals surface area contributed by atoms with Crippen molar-refractivity contribution in [1.29, 1.82) is 0 Å². The molecule has 30 heavy (non-hydrogen) atoms. The third-order valence-electron chi connectivity index (χ3n) is 4.44. The molecule has 1 aliphatic rings. The molecule has 0 saturated heterocycles. The molecule has 1 heterocycles. The molecule has 3 rings (SSSR count). The molecule has 0 unspecified atom stereocenters. The number of anilines is 1. The van der Waals surface area contributed by atoms with Gasteiger partial charge in [-0.05, 0) is 36.4 Å². The molecule has 2 aromatic carbocycles. The Hall–Kier alpha value is -3.52. The second kappa shape index (κ2) is 10.3. The van der Waals surface area contributed by atoms with E-state index in [1.54, 1.807) is 24.3 Å². The van der Waals surface area contributed by atoms with Crippen LogP contribution in [0.1, 0.15) is 0 Å². The van der Waals surface area contributed by atoms with Gasteiger partial charge in [0.1, 0.15) is 30.4 Å². The van der Waals surface area contributed by atoms with Gasteiger partial charge in [-0.1, -0.05) is 18.2 Å². The maximum absolute atomic E-state index is 12.5.